The first-order chi connectivity index (χ1) is 11.3. The number of aryl methyl sites for hydroxylation is 1. The number of nitrogens with one attached hydrogen (secondary N) is 1. The molecule has 0 bridgehead atoms. The molecule has 0 saturated heterocycles. The van der Waals surface area contributed by atoms with Crippen molar-refractivity contribution >= 4 is 33.6 Å². The number of anilines is 2. The van der Waals surface area contributed by atoms with Crippen LogP contribution in [0.1, 0.15) is 12.7 Å². The first kappa shape index (κ1) is 16.2. The van der Waals surface area contributed by atoms with Crippen LogP contribution < -0.4 is 17.7 Å². The Morgan fingerprint density at radius 3 is 2.58 bits per heavy atom. The van der Waals surface area contributed by atoms with Gasteiger partial charge in [0, 0.05) is 11.8 Å². The molecule has 0 aliphatic heterocycles. The fourth-order valence-electron chi connectivity index (χ4n) is 2.57. The molecular formula is C18H14ClFN3O-. The Labute approximate surface area is 144 Å². The number of hydrogen-bond acceptors (Lipinski definition) is 4. The number of nitrogens with zero attached hydrogens (tertiary/aromatic N) is 2. The molecule has 0 radical (unpaired) electrons. The third kappa shape index (κ3) is 2.67. The molecule has 0 aliphatic rings. The number of fused-ring (bicyclic) bond motifs is 3. The van der Waals surface area contributed by atoms with Gasteiger partial charge in [0.2, 0.25) is 0 Å². The maximum absolute atomic E-state index is 13.9. The Hall–Kier alpha value is -2.66. The summed E-state index contributed by atoms with van der Waals surface area (Å²) in [7, 11) is 0. The molecule has 0 atom stereocenters. The van der Waals surface area contributed by atoms with Crippen molar-refractivity contribution in [2.75, 3.05) is 5.32 Å². The Balaban J connectivity index is 0.00000169. The van der Waals surface area contributed by atoms with Gasteiger partial charge in [0.05, 0.1) is 5.69 Å². The standard InChI is InChI=1S/C18H14FN3O.ClH/c1-2-15-21-16-11-7-3-6-10-14(11)23-17(16)18(22-15)20-13-9-5-4-8-12(13)19;/h3-10H,2H2,1H3,(H,20,21,22);1H/p-1. The van der Waals surface area contributed by atoms with E-state index in [2.05, 4.69) is 15.3 Å². The lowest BCUT2D eigenvalue weighted by molar-refractivity contribution is -0.00000572. The summed E-state index contributed by atoms with van der Waals surface area (Å²) in [5, 5.41) is 3.96. The molecule has 4 aromatic rings. The van der Waals surface area contributed by atoms with Gasteiger partial charge in [0.25, 0.3) is 0 Å². The number of para-hydroxylation sites is 2. The van der Waals surface area contributed by atoms with Gasteiger partial charge in [-0.1, -0.05) is 31.2 Å². The molecule has 1 N–H and O–H groups in total. The van der Waals surface area contributed by atoms with Crippen LogP contribution in [-0.2, 0) is 6.42 Å². The highest BCUT2D eigenvalue weighted by atomic mass is 35.5. The van der Waals surface area contributed by atoms with Crippen LogP contribution in [0.4, 0.5) is 15.9 Å². The second kappa shape index (κ2) is 6.45. The van der Waals surface area contributed by atoms with Gasteiger partial charge in [-0.3, -0.25) is 0 Å². The van der Waals surface area contributed by atoms with Crippen LogP contribution in [0.3, 0.4) is 0 Å². The predicted octanol–water partition coefficient (Wildman–Crippen LogP) is 1.83. The second-order valence-corrected chi connectivity index (χ2v) is 5.22. The number of halogens is 2. The zero-order valence-electron chi connectivity index (χ0n) is 12.9. The summed E-state index contributed by atoms with van der Waals surface area (Å²) in [5.74, 6) is 0.824. The van der Waals surface area contributed by atoms with Crippen molar-refractivity contribution in [3.05, 3.63) is 60.2 Å². The molecule has 2 aromatic carbocycles. The van der Waals surface area contributed by atoms with Crippen LogP contribution >= 0.6 is 0 Å². The molecule has 0 aliphatic carbocycles. The van der Waals surface area contributed by atoms with Crippen LogP contribution in [0.5, 0.6) is 0 Å². The number of hydrogen-bond donors (Lipinski definition) is 1. The van der Waals surface area contributed by atoms with Gasteiger partial charge in [0.15, 0.2) is 11.4 Å². The molecule has 2 aromatic heterocycles. The zero-order chi connectivity index (χ0) is 15.8. The third-order valence-corrected chi connectivity index (χ3v) is 3.71. The lowest BCUT2D eigenvalue weighted by Gasteiger charge is -2.08. The van der Waals surface area contributed by atoms with E-state index in [-0.39, 0.29) is 18.2 Å². The summed E-state index contributed by atoms with van der Waals surface area (Å²) in [6, 6.07) is 14.2. The molecule has 0 amide bonds. The number of benzene rings is 2. The highest BCUT2D eigenvalue weighted by Crippen LogP contribution is 2.32. The van der Waals surface area contributed by atoms with Gasteiger partial charge in [0.1, 0.15) is 22.7 Å². The zero-order valence-corrected chi connectivity index (χ0v) is 13.6. The van der Waals surface area contributed by atoms with Crippen LogP contribution in [0.2, 0.25) is 0 Å². The highest BCUT2D eigenvalue weighted by molar-refractivity contribution is 6.06. The fraction of sp³-hybridized carbons (Fsp3) is 0.111. The minimum atomic E-state index is -0.339. The van der Waals surface area contributed by atoms with Crippen molar-refractivity contribution in [3.63, 3.8) is 0 Å². The fourth-order valence-corrected chi connectivity index (χ4v) is 2.57. The first-order valence-corrected chi connectivity index (χ1v) is 7.46. The van der Waals surface area contributed by atoms with E-state index in [0.717, 1.165) is 16.5 Å². The predicted molar refractivity (Wildman–Crippen MR) is 88.4 cm³/mol. The summed E-state index contributed by atoms with van der Waals surface area (Å²) in [6.07, 6.45) is 0.682. The molecule has 4 nitrogen and oxygen atoms in total. The van der Waals surface area contributed by atoms with Gasteiger partial charge >= 0.3 is 0 Å². The van der Waals surface area contributed by atoms with Crippen LogP contribution in [-0.4, -0.2) is 9.97 Å². The van der Waals surface area contributed by atoms with E-state index in [4.69, 9.17) is 4.42 Å². The van der Waals surface area contributed by atoms with E-state index >= 15 is 0 Å². The molecule has 122 valence electrons. The Morgan fingerprint density at radius 1 is 1.04 bits per heavy atom. The van der Waals surface area contributed by atoms with Gasteiger partial charge in [-0.15, -0.1) is 0 Å². The van der Waals surface area contributed by atoms with Gasteiger partial charge in [-0.05, 0) is 24.3 Å². The normalized spacial score (nSPS) is 10.8. The molecule has 4 rings (SSSR count). The van der Waals surface area contributed by atoms with Crippen LogP contribution in [0.15, 0.2) is 52.9 Å². The van der Waals surface area contributed by atoms with Gasteiger partial charge < -0.3 is 22.1 Å². The van der Waals surface area contributed by atoms with Crippen molar-refractivity contribution in [1.82, 2.24) is 9.97 Å². The van der Waals surface area contributed by atoms with Crippen LogP contribution in [0, 0.1) is 5.82 Å². The molecule has 2 heterocycles. The largest absolute Gasteiger partial charge is 1.00 e. The summed E-state index contributed by atoms with van der Waals surface area (Å²) in [6.45, 7) is 1.98. The van der Waals surface area contributed by atoms with E-state index < -0.39 is 0 Å². The van der Waals surface area contributed by atoms with E-state index in [1.165, 1.54) is 6.07 Å². The molecular weight excluding hydrogens is 329 g/mol. The first-order valence-electron chi connectivity index (χ1n) is 7.46. The number of furan rings is 1. The van der Waals surface area contributed by atoms with Crippen molar-refractivity contribution in [2.24, 2.45) is 0 Å². The minimum Gasteiger partial charge on any atom is -1.00 e. The molecule has 0 unspecified atom stereocenters. The maximum atomic E-state index is 13.9. The highest BCUT2D eigenvalue weighted by Gasteiger charge is 2.16. The summed E-state index contributed by atoms with van der Waals surface area (Å²) >= 11 is 0. The van der Waals surface area contributed by atoms with E-state index in [0.29, 0.717) is 29.3 Å². The Kier molecular flexibility index (Phi) is 4.36. The van der Waals surface area contributed by atoms with Crippen molar-refractivity contribution in [1.29, 1.82) is 0 Å². The quantitative estimate of drug-likeness (QED) is 0.617. The van der Waals surface area contributed by atoms with Gasteiger partial charge in [-0.2, -0.15) is 0 Å². The molecule has 0 saturated carbocycles. The SMILES string of the molecule is CCc1nc(Nc2ccccc2F)c2oc3ccccc3c2n1.[Cl-]. The average Bonchev–Trinajstić information content (AvgIpc) is 2.96. The van der Waals surface area contributed by atoms with Crippen molar-refractivity contribution in [3.8, 4) is 0 Å². The van der Waals surface area contributed by atoms with E-state index in [1.54, 1.807) is 18.2 Å². The lowest BCUT2D eigenvalue weighted by atomic mass is 10.2. The lowest BCUT2D eigenvalue weighted by Crippen LogP contribution is -3.00. The Bertz CT molecular complexity index is 1020. The van der Waals surface area contributed by atoms with E-state index in [9.17, 15) is 4.39 Å². The molecule has 0 spiro atoms. The summed E-state index contributed by atoms with van der Waals surface area (Å²) < 4.78 is 19.8. The number of aromatic nitrogens is 2. The maximum Gasteiger partial charge on any atom is 0.196 e. The topological polar surface area (TPSA) is 51.0 Å². The van der Waals surface area contributed by atoms with Crippen LogP contribution in [0.25, 0.3) is 22.1 Å². The third-order valence-electron chi connectivity index (χ3n) is 3.71. The van der Waals surface area contributed by atoms with E-state index in [1.807, 2.05) is 31.2 Å². The smallest absolute Gasteiger partial charge is 0.196 e. The average molecular weight is 343 g/mol. The molecule has 24 heavy (non-hydrogen) atoms. The van der Waals surface area contributed by atoms with Crippen molar-refractivity contribution < 1.29 is 21.2 Å². The minimum absolute atomic E-state index is 0. The summed E-state index contributed by atoms with van der Waals surface area (Å²) in [4.78, 5) is 9.04. The van der Waals surface area contributed by atoms with Crippen molar-refractivity contribution in [2.45, 2.75) is 13.3 Å². The second-order valence-electron chi connectivity index (χ2n) is 5.22. The number of rotatable bonds is 3. The molecule has 6 heteroatoms. The molecule has 0 fully saturated rings. The Morgan fingerprint density at radius 2 is 1.79 bits per heavy atom. The summed E-state index contributed by atoms with van der Waals surface area (Å²) in [5.41, 5.74) is 2.37. The van der Waals surface area contributed by atoms with Gasteiger partial charge in [-0.25, -0.2) is 14.4 Å². The monoisotopic (exact) mass is 342 g/mol.